The van der Waals surface area contributed by atoms with Crippen molar-refractivity contribution in [2.75, 3.05) is 27.3 Å². The van der Waals surface area contributed by atoms with E-state index in [0.717, 1.165) is 128 Å². The number of aromatic amines is 2. The molecule has 0 radical (unpaired) electrons. The number of fused-ring (bicyclic) bond motifs is 3. The lowest BCUT2D eigenvalue weighted by atomic mass is 9.83. The van der Waals surface area contributed by atoms with Crippen LogP contribution in [0.1, 0.15) is 124 Å². The summed E-state index contributed by atoms with van der Waals surface area (Å²) < 4.78 is 9.70. The summed E-state index contributed by atoms with van der Waals surface area (Å²) >= 11 is 0. The van der Waals surface area contributed by atoms with Gasteiger partial charge in [0.25, 0.3) is 0 Å². The second-order valence-corrected chi connectivity index (χ2v) is 17.4. The van der Waals surface area contributed by atoms with Gasteiger partial charge in [-0.05, 0) is 105 Å². The summed E-state index contributed by atoms with van der Waals surface area (Å²) in [7, 11) is 2.63. The molecule has 2 aromatic heterocycles. The van der Waals surface area contributed by atoms with Crippen LogP contribution in [0.15, 0.2) is 48.7 Å². The molecular weight excluding hydrogens is 785 g/mol. The van der Waals surface area contributed by atoms with Crippen molar-refractivity contribution in [2.45, 2.75) is 115 Å². The van der Waals surface area contributed by atoms with Crippen molar-refractivity contribution in [3.63, 3.8) is 0 Å². The van der Waals surface area contributed by atoms with Crippen LogP contribution >= 0.6 is 0 Å². The topological polar surface area (TPSA) is 175 Å². The van der Waals surface area contributed by atoms with Crippen molar-refractivity contribution in [1.29, 1.82) is 0 Å². The quantitative estimate of drug-likeness (QED) is 0.126. The molecule has 4 aromatic rings. The molecular formula is C48H58N8O6. The zero-order valence-electron chi connectivity index (χ0n) is 36.2. The maximum Gasteiger partial charge on any atom is 0.407 e. The van der Waals surface area contributed by atoms with Crippen LogP contribution in [0.3, 0.4) is 0 Å². The van der Waals surface area contributed by atoms with Gasteiger partial charge in [0.1, 0.15) is 23.7 Å². The molecule has 4 N–H and O–H groups in total. The molecule has 326 valence electrons. The first-order valence-corrected chi connectivity index (χ1v) is 22.3. The van der Waals surface area contributed by atoms with Crippen LogP contribution in [-0.4, -0.2) is 93.1 Å². The van der Waals surface area contributed by atoms with Gasteiger partial charge in [-0.15, -0.1) is 0 Å². The Morgan fingerprint density at radius 3 is 2.11 bits per heavy atom. The lowest BCUT2D eigenvalue weighted by Gasteiger charge is -2.34. The summed E-state index contributed by atoms with van der Waals surface area (Å²) in [6.07, 6.45) is 11.8. The van der Waals surface area contributed by atoms with Gasteiger partial charge in [0.05, 0.1) is 49.6 Å². The van der Waals surface area contributed by atoms with Gasteiger partial charge in [0.15, 0.2) is 0 Å². The lowest BCUT2D eigenvalue weighted by molar-refractivity contribution is -0.136. The van der Waals surface area contributed by atoms with Crippen LogP contribution in [0.5, 0.6) is 0 Å². The Morgan fingerprint density at radius 1 is 0.742 bits per heavy atom. The number of nitrogens with one attached hydrogen (secondary N) is 4. The van der Waals surface area contributed by atoms with Crippen LogP contribution in [0, 0.1) is 23.7 Å². The Morgan fingerprint density at radius 2 is 1.40 bits per heavy atom. The zero-order chi connectivity index (χ0) is 43.3. The van der Waals surface area contributed by atoms with E-state index in [-0.39, 0.29) is 35.7 Å². The highest BCUT2D eigenvalue weighted by Gasteiger charge is 2.41. The number of aryl methyl sites for hydroxylation is 2. The van der Waals surface area contributed by atoms with Gasteiger partial charge in [0.2, 0.25) is 11.8 Å². The number of hydrogen-bond donors (Lipinski definition) is 4. The van der Waals surface area contributed by atoms with Crippen molar-refractivity contribution >= 4 is 24.0 Å². The molecule has 0 spiro atoms. The Balaban J connectivity index is 0.937. The zero-order valence-corrected chi connectivity index (χ0v) is 36.2. The van der Waals surface area contributed by atoms with Crippen molar-refractivity contribution in [3.05, 3.63) is 82.7 Å². The van der Waals surface area contributed by atoms with Crippen molar-refractivity contribution in [3.8, 4) is 34.4 Å². The van der Waals surface area contributed by atoms with Gasteiger partial charge >= 0.3 is 12.2 Å². The van der Waals surface area contributed by atoms with E-state index in [1.165, 1.54) is 19.8 Å². The Labute approximate surface area is 363 Å². The average Bonchev–Trinajstić information content (AvgIpc) is 4.13. The fraction of sp³-hybridized carbons (Fsp3) is 0.500. The number of aromatic nitrogens is 4. The highest BCUT2D eigenvalue weighted by Crippen LogP contribution is 2.38. The number of imidazole rings is 2. The molecule has 2 aromatic carbocycles. The third kappa shape index (κ3) is 9.08. The molecule has 4 heterocycles. The smallest absolute Gasteiger partial charge is 0.407 e. The first-order valence-electron chi connectivity index (χ1n) is 22.3. The molecule has 2 saturated heterocycles. The van der Waals surface area contributed by atoms with Gasteiger partial charge in [0, 0.05) is 29.8 Å². The van der Waals surface area contributed by atoms with Crippen molar-refractivity contribution in [1.82, 2.24) is 40.4 Å². The fourth-order valence-electron chi connectivity index (χ4n) is 9.81. The number of likely N-dealkylation sites (tertiary alicyclic amines) is 2. The summed E-state index contributed by atoms with van der Waals surface area (Å²) in [6, 6.07) is 12.8. The van der Waals surface area contributed by atoms with E-state index in [1.54, 1.807) is 0 Å². The summed E-state index contributed by atoms with van der Waals surface area (Å²) in [5.41, 5.74) is 8.00. The molecule has 2 aliphatic heterocycles. The summed E-state index contributed by atoms with van der Waals surface area (Å²) in [5, 5.41) is 5.60. The molecule has 62 heavy (non-hydrogen) atoms. The first-order chi connectivity index (χ1) is 30.1. The minimum Gasteiger partial charge on any atom is -0.453 e. The number of hydrogen-bond acceptors (Lipinski definition) is 8. The van der Waals surface area contributed by atoms with E-state index >= 15 is 0 Å². The fourth-order valence-corrected chi connectivity index (χ4v) is 9.81. The maximum absolute atomic E-state index is 14.0. The van der Waals surface area contributed by atoms with E-state index < -0.39 is 24.3 Å². The average molecular weight is 843 g/mol. The van der Waals surface area contributed by atoms with Crippen LogP contribution in [-0.2, 0) is 31.9 Å². The van der Waals surface area contributed by atoms with Crippen LogP contribution in [0.25, 0.3) is 22.5 Å². The molecule has 8 rings (SSSR count). The van der Waals surface area contributed by atoms with E-state index in [2.05, 4.69) is 50.6 Å². The highest BCUT2D eigenvalue weighted by atomic mass is 16.5. The summed E-state index contributed by atoms with van der Waals surface area (Å²) in [5.74, 6) is 8.07. The molecule has 1 saturated carbocycles. The lowest BCUT2D eigenvalue weighted by Crippen LogP contribution is -2.52. The number of H-pyrrole nitrogens is 2. The summed E-state index contributed by atoms with van der Waals surface area (Å²) in [6.45, 7) is 5.06. The highest BCUT2D eigenvalue weighted by molar-refractivity contribution is 5.87. The number of methoxy groups -OCH3 is 2. The number of nitrogens with zero attached hydrogens (tertiary/aromatic N) is 4. The summed E-state index contributed by atoms with van der Waals surface area (Å²) in [4.78, 5) is 72.8. The molecule has 14 heteroatoms. The third-order valence-corrected chi connectivity index (χ3v) is 13.1. The Bertz CT molecular complexity index is 2330. The predicted molar refractivity (Wildman–Crippen MR) is 233 cm³/mol. The Hall–Kier alpha value is -6.10. The number of amides is 4. The molecule has 4 atom stereocenters. The van der Waals surface area contributed by atoms with Gasteiger partial charge in [-0.3, -0.25) is 9.59 Å². The van der Waals surface area contributed by atoms with E-state index in [0.29, 0.717) is 13.1 Å². The monoisotopic (exact) mass is 842 g/mol. The number of benzene rings is 2. The van der Waals surface area contributed by atoms with Gasteiger partial charge in [-0.25, -0.2) is 19.6 Å². The molecule has 0 bridgehead atoms. The van der Waals surface area contributed by atoms with Gasteiger partial charge in [-0.1, -0.05) is 63.1 Å². The van der Waals surface area contributed by atoms with Crippen molar-refractivity contribution in [2.24, 2.45) is 11.8 Å². The second kappa shape index (κ2) is 18.9. The van der Waals surface area contributed by atoms with Gasteiger partial charge in [-0.2, -0.15) is 0 Å². The second-order valence-electron chi connectivity index (χ2n) is 17.4. The minimum atomic E-state index is -0.684. The van der Waals surface area contributed by atoms with E-state index in [1.807, 2.05) is 54.1 Å². The number of carbonyl (C=O) groups is 4. The van der Waals surface area contributed by atoms with Crippen molar-refractivity contribution < 1.29 is 28.7 Å². The standard InChI is InChI=1S/C48H58N8O6/c1-29(2)40(53-47(59)61-3)45(57)56-26-10-16-39(56)44-50-36-14-8-13-34-27-31(21-24-35(34)42(36)52-44)18-17-30-19-22-32(23-20-30)37-28-49-43(51-37)38-15-9-25-55(38)46(58)41(54-48(60)62-4)33-11-6-5-7-12-33/h19-24,27-29,33,38-41H,5-16,25-26H2,1-4H3,(H,49,51)(H,50,52)(H,53,59)(H,54,60)/t38-,39-,40-,41-/m0/s1. The predicted octanol–water partition coefficient (Wildman–Crippen LogP) is 7.37. The number of carbonyl (C=O) groups excluding carboxylic acids is 4. The molecule has 0 unspecified atom stereocenters. The van der Waals surface area contributed by atoms with Gasteiger partial charge < -0.3 is 39.9 Å². The Kier molecular flexibility index (Phi) is 13.0. The van der Waals surface area contributed by atoms with E-state index in [4.69, 9.17) is 19.4 Å². The molecule has 2 aliphatic carbocycles. The van der Waals surface area contributed by atoms with Crippen LogP contribution in [0.4, 0.5) is 9.59 Å². The largest absolute Gasteiger partial charge is 0.453 e. The molecule has 3 fully saturated rings. The number of alkyl carbamates (subject to hydrolysis) is 2. The van der Waals surface area contributed by atoms with Crippen LogP contribution < -0.4 is 10.6 Å². The first kappa shape index (κ1) is 42.6. The molecule has 4 amide bonds. The number of rotatable bonds is 9. The minimum absolute atomic E-state index is 0.0609. The molecule has 4 aliphatic rings. The number of ether oxygens (including phenoxy) is 2. The molecule has 14 nitrogen and oxygen atoms in total. The van der Waals surface area contributed by atoms with E-state index in [9.17, 15) is 19.2 Å². The maximum atomic E-state index is 14.0. The normalized spacial score (nSPS) is 19.7. The third-order valence-electron chi connectivity index (χ3n) is 13.1. The SMILES string of the molecule is COC(=O)N[C@H](C(=O)N1CCC[C@H]1c1nc2c([nH]1)-c1ccc(C#Cc3ccc(-c4cnc([C@@H]5CCCN5C(=O)[C@@H](NC(=O)OC)C5CCCCC5)[nH]4)cc3)cc1CCC2)C(C)C. The van der Waals surface area contributed by atoms with Crippen LogP contribution in [0.2, 0.25) is 0 Å².